The van der Waals surface area contributed by atoms with E-state index in [0.29, 0.717) is 6.54 Å². The predicted molar refractivity (Wildman–Crippen MR) is 100 cm³/mol. The SMILES string of the molecule is CC(C)(C)OC(=O)N1CCCc2ccc(CCCCNC3CC3)nc21. The number of anilines is 1. The lowest BCUT2D eigenvalue weighted by Crippen LogP contribution is -2.40. The average molecular weight is 345 g/mol. The van der Waals surface area contributed by atoms with E-state index in [0.717, 1.165) is 55.3 Å². The second kappa shape index (κ2) is 7.73. The number of hydrogen-bond acceptors (Lipinski definition) is 4. The van der Waals surface area contributed by atoms with Crippen molar-refractivity contribution in [3.05, 3.63) is 23.4 Å². The van der Waals surface area contributed by atoms with Crippen LogP contribution in [0.3, 0.4) is 0 Å². The smallest absolute Gasteiger partial charge is 0.416 e. The summed E-state index contributed by atoms with van der Waals surface area (Å²) >= 11 is 0. The number of pyridine rings is 1. The Morgan fingerprint density at radius 2 is 2.12 bits per heavy atom. The molecule has 5 nitrogen and oxygen atoms in total. The van der Waals surface area contributed by atoms with Gasteiger partial charge in [-0.15, -0.1) is 0 Å². The van der Waals surface area contributed by atoms with Crippen molar-refractivity contribution in [2.24, 2.45) is 0 Å². The van der Waals surface area contributed by atoms with Gasteiger partial charge < -0.3 is 10.1 Å². The molecule has 1 aliphatic heterocycles. The second-order valence-corrected chi connectivity index (χ2v) is 8.21. The highest BCUT2D eigenvalue weighted by atomic mass is 16.6. The van der Waals surface area contributed by atoms with E-state index < -0.39 is 5.60 Å². The van der Waals surface area contributed by atoms with Gasteiger partial charge in [-0.2, -0.15) is 0 Å². The number of nitrogens with zero attached hydrogens (tertiary/aromatic N) is 2. The number of nitrogens with one attached hydrogen (secondary N) is 1. The van der Waals surface area contributed by atoms with Crippen molar-refractivity contribution in [3.8, 4) is 0 Å². The fourth-order valence-electron chi connectivity index (χ4n) is 3.14. The summed E-state index contributed by atoms with van der Waals surface area (Å²) in [7, 11) is 0. The molecule has 0 atom stereocenters. The Labute approximate surface area is 151 Å². The summed E-state index contributed by atoms with van der Waals surface area (Å²) in [6.45, 7) is 7.48. The van der Waals surface area contributed by atoms with Crippen molar-refractivity contribution in [1.82, 2.24) is 10.3 Å². The molecule has 2 heterocycles. The lowest BCUT2D eigenvalue weighted by molar-refractivity contribution is 0.0576. The highest BCUT2D eigenvalue weighted by molar-refractivity contribution is 5.88. The van der Waals surface area contributed by atoms with Crippen LogP contribution in [0, 0.1) is 0 Å². The molecule has 1 saturated carbocycles. The summed E-state index contributed by atoms with van der Waals surface area (Å²) in [5.41, 5.74) is 1.73. The van der Waals surface area contributed by atoms with Gasteiger partial charge in [-0.1, -0.05) is 6.07 Å². The normalized spacial score (nSPS) is 17.3. The van der Waals surface area contributed by atoms with Crippen molar-refractivity contribution in [3.63, 3.8) is 0 Å². The van der Waals surface area contributed by atoms with Crippen molar-refractivity contribution in [2.45, 2.75) is 77.4 Å². The number of aromatic nitrogens is 1. The lowest BCUT2D eigenvalue weighted by Gasteiger charge is -2.31. The molecule has 0 radical (unpaired) electrons. The summed E-state index contributed by atoms with van der Waals surface area (Å²) < 4.78 is 5.55. The van der Waals surface area contributed by atoms with Crippen LogP contribution in [0.2, 0.25) is 0 Å². The zero-order chi connectivity index (χ0) is 17.9. The minimum atomic E-state index is -0.485. The van der Waals surface area contributed by atoms with Gasteiger partial charge >= 0.3 is 6.09 Å². The van der Waals surface area contributed by atoms with Crippen LogP contribution >= 0.6 is 0 Å². The van der Waals surface area contributed by atoms with Crippen LogP contribution in [-0.4, -0.2) is 35.8 Å². The third-order valence-electron chi connectivity index (χ3n) is 4.58. The summed E-state index contributed by atoms with van der Waals surface area (Å²) in [6.07, 6.45) is 7.59. The van der Waals surface area contributed by atoms with Gasteiger partial charge in [-0.3, -0.25) is 4.90 Å². The van der Waals surface area contributed by atoms with Gasteiger partial charge in [-0.25, -0.2) is 9.78 Å². The Hall–Kier alpha value is -1.62. The minimum absolute atomic E-state index is 0.285. The molecular weight excluding hydrogens is 314 g/mol. The third kappa shape index (κ3) is 5.43. The second-order valence-electron chi connectivity index (χ2n) is 8.21. The Balaban J connectivity index is 1.59. The molecule has 1 fully saturated rings. The zero-order valence-electron chi connectivity index (χ0n) is 15.8. The molecule has 3 rings (SSSR count). The zero-order valence-corrected chi connectivity index (χ0v) is 15.8. The highest BCUT2D eigenvalue weighted by Gasteiger charge is 2.28. The van der Waals surface area contributed by atoms with Crippen molar-refractivity contribution < 1.29 is 9.53 Å². The monoisotopic (exact) mass is 345 g/mol. The number of hydrogen-bond donors (Lipinski definition) is 1. The Bertz CT molecular complexity index is 605. The minimum Gasteiger partial charge on any atom is -0.443 e. The standard InChI is InChI=1S/C20H31N3O2/c1-20(2,3)25-19(24)23-14-6-7-15-9-10-17(22-18(15)23)8-4-5-13-21-16-11-12-16/h9-10,16,21H,4-8,11-14H2,1-3H3. The molecule has 1 N–H and O–H groups in total. The third-order valence-corrected chi connectivity index (χ3v) is 4.58. The molecule has 0 spiro atoms. The maximum Gasteiger partial charge on any atom is 0.416 e. The maximum absolute atomic E-state index is 12.5. The van der Waals surface area contributed by atoms with Gasteiger partial charge in [0, 0.05) is 18.3 Å². The number of rotatable bonds is 6. The summed E-state index contributed by atoms with van der Waals surface area (Å²) in [5.74, 6) is 0.800. The lowest BCUT2D eigenvalue weighted by atomic mass is 10.0. The number of fused-ring (bicyclic) bond motifs is 1. The van der Waals surface area contributed by atoms with E-state index in [-0.39, 0.29) is 6.09 Å². The Kier molecular flexibility index (Phi) is 5.62. The number of carbonyl (C=O) groups excluding carboxylic acids is 1. The van der Waals surface area contributed by atoms with Gasteiger partial charge in [0.25, 0.3) is 0 Å². The topological polar surface area (TPSA) is 54.5 Å². The van der Waals surface area contributed by atoms with E-state index in [4.69, 9.17) is 9.72 Å². The first-order valence-corrected chi connectivity index (χ1v) is 9.65. The first kappa shape index (κ1) is 18.2. The van der Waals surface area contributed by atoms with Crippen LogP contribution in [0.5, 0.6) is 0 Å². The molecule has 1 aromatic heterocycles. The predicted octanol–water partition coefficient (Wildman–Crippen LogP) is 3.84. The van der Waals surface area contributed by atoms with Crippen molar-refractivity contribution >= 4 is 11.9 Å². The van der Waals surface area contributed by atoms with Gasteiger partial charge in [0.05, 0.1) is 0 Å². The van der Waals surface area contributed by atoms with Crippen LogP contribution in [0.15, 0.2) is 12.1 Å². The van der Waals surface area contributed by atoms with E-state index in [1.54, 1.807) is 4.90 Å². The summed E-state index contributed by atoms with van der Waals surface area (Å²) in [5, 5.41) is 3.55. The Morgan fingerprint density at radius 1 is 1.32 bits per heavy atom. The van der Waals surface area contributed by atoms with E-state index >= 15 is 0 Å². The molecule has 0 aromatic carbocycles. The van der Waals surface area contributed by atoms with Crippen LogP contribution < -0.4 is 10.2 Å². The number of ether oxygens (including phenoxy) is 1. The molecule has 138 valence electrons. The molecule has 0 unspecified atom stereocenters. The Morgan fingerprint density at radius 3 is 2.84 bits per heavy atom. The summed E-state index contributed by atoms with van der Waals surface area (Å²) in [6, 6.07) is 5.03. The van der Waals surface area contributed by atoms with Crippen LogP contribution in [-0.2, 0) is 17.6 Å². The fourth-order valence-corrected chi connectivity index (χ4v) is 3.14. The molecule has 1 amide bonds. The molecule has 0 saturated heterocycles. The van der Waals surface area contributed by atoms with Gasteiger partial charge in [-0.05, 0) is 83.9 Å². The van der Waals surface area contributed by atoms with Crippen molar-refractivity contribution in [1.29, 1.82) is 0 Å². The van der Waals surface area contributed by atoms with Crippen LogP contribution in [0.25, 0.3) is 0 Å². The molecule has 25 heavy (non-hydrogen) atoms. The number of carbonyl (C=O) groups is 1. The largest absolute Gasteiger partial charge is 0.443 e. The molecule has 1 aromatic rings. The fraction of sp³-hybridized carbons (Fsp3) is 0.700. The van der Waals surface area contributed by atoms with Crippen LogP contribution in [0.1, 0.15) is 64.1 Å². The van der Waals surface area contributed by atoms with E-state index in [9.17, 15) is 4.79 Å². The number of amides is 1. The van der Waals surface area contributed by atoms with Gasteiger partial charge in [0.15, 0.2) is 0 Å². The molecular formula is C20H31N3O2. The van der Waals surface area contributed by atoms with E-state index in [1.807, 2.05) is 20.8 Å². The number of unbranched alkanes of at least 4 members (excludes halogenated alkanes) is 1. The number of aryl methyl sites for hydroxylation is 2. The summed E-state index contributed by atoms with van der Waals surface area (Å²) in [4.78, 5) is 19.0. The molecule has 0 bridgehead atoms. The maximum atomic E-state index is 12.5. The molecule has 5 heteroatoms. The first-order chi connectivity index (χ1) is 11.9. The first-order valence-electron chi connectivity index (χ1n) is 9.65. The quantitative estimate of drug-likeness (QED) is 0.796. The van der Waals surface area contributed by atoms with E-state index in [2.05, 4.69) is 17.4 Å². The van der Waals surface area contributed by atoms with E-state index in [1.165, 1.54) is 19.3 Å². The van der Waals surface area contributed by atoms with Gasteiger partial charge in [0.1, 0.15) is 11.4 Å². The molecule has 1 aliphatic carbocycles. The van der Waals surface area contributed by atoms with Gasteiger partial charge in [0.2, 0.25) is 0 Å². The average Bonchev–Trinajstić information content (AvgIpc) is 3.36. The molecule has 2 aliphatic rings. The van der Waals surface area contributed by atoms with Crippen molar-refractivity contribution in [2.75, 3.05) is 18.0 Å². The van der Waals surface area contributed by atoms with Crippen LogP contribution in [0.4, 0.5) is 10.6 Å². The highest BCUT2D eigenvalue weighted by Crippen LogP contribution is 2.27.